The summed E-state index contributed by atoms with van der Waals surface area (Å²) in [6.45, 7) is 14.4. The van der Waals surface area contributed by atoms with Crippen molar-refractivity contribution in [2.45, 2.75) is 58.8 Å². The van der Waals surface area contributed by atoms with Gasteiger partial charge in [-0.2, -0.15) is 0 Å². The summed E-state index contributed by atoms with van der Waals surface area (Å²) in [7, 11) is 0. The van der Waals surface area contributed by atoms with Crippen LogP contribution in [0.3, 0.4) is 0 Å². The number of rotatable bonds is 1. The number of fused-ring (bicyclic) bond motifs is 5. The highest BCUT2D eigenvalue weighted by Crippen LogP contribution is 2.64. The topological polar surface area (TPSA) is 12.9 Å². The fourth-order valence-corrected chi connectivity index (χ4v) is 5.00. The number of aromatic nitrogens is 1. The van der Waals surface area contributed by atoms with Crippen molar-refractivity contribution < 1.29 is 0 Å². The molecular formula is C23H27N. The molecule has 0 fully saturated rings. The maximum absolute atomic E-state index is 4.96. The Hall–Kier alpha value is -1.89. The number of nitrogens with zero attached hydrogens (tertiary/aromatic N) is 1. The molecule has 0 saturated heterocycles. The summed E-state index contributed by atoms with van der Waals surface area (Å²) in [5, 5.41) is 3.86. The lowest BCUT2D eigenvalue weighted by atomic mass is 9.57. The lowest BCUT2D eigenvalue weighted by Gasteiger charge is -2.46. The van der Waals surface area contributed by atoms with Crippen LogP contribution in [-0.2, 0) is 10.8 Å². The fourth-order valence-electron chi connectivity index (χ4n) is 5.00. The molecule has 1 unspecified atom stereocenters. The van der Waals surface area contributed by atoms with E-state index >= 15 is 0 Å². The van der Waals surface area contributed by atoms with Crippen LogP contribution in [0.1, 0.15) is 59.1 Å². The van der Waals surface area contributed by atoms with Crippen molar-refractivity contribution >= 4 is 21.7 Å². The van der Waals surface area contributed by atoms with E-state index in [-0.39, 0.29) is 16.2 Å². The van der Waals surface area contributed by atoms with E-state index in [1.54, 1.807) is 0 Å². The van der Waals surface area contributed by atoms with Crippen molar-refractivity contribution in [1.29, 1.82) is 0 Å². The Labute approximate surface area is 145 Å². The first kappa shape index (κ1) is 15.6. The van der Waals surface area contributed by atoms with Gasteiger partial charge in [0.15, 0.2) is 0 Å². The molecule has 0 spiro atoms. The van der Waals surface area contributed by atoms with E-state index in [2.05, 4.69) is 84.1 Å². The number of hydrogen-bond donors (Lipinski definition) is 0. The molecular weight excluding hydrogens is 290 g/mol. The zero-order chi connectivity index (χ0) is 17.3. The molecule has 0 aliphatic heterocycles. The third-order valence-electron chi connectivity index (χ3n) is 7.63. The van der Waals surface area contributed by atoms with Crippen LogP contribution in [0.15, 0.2) is 42.6 Å². The van der Waals surface area contributed by atoms with E-state index in [1.165, 1.54) is 27.3 Å². The van der Waals surface area contributed by atoms with Crippen LogP contribution in [0.4, 0.5) is 0 Å². The van der Waals surface area contributed by atoms with Crippen molar-refractivity contribution in [3.8, 4) is 0 Å². The van der Waals surface area contributed by atoms with Crippen molar-refractivity contribution in [2.75, 3.05) is 0 Å². The Balaban J connectivity index is 2.19. The molecule has 0 saturated carbocycles. The van der Waals surface area contributed by atoms with Gasteiger partial charge in [-0.3, -0.25) is 4.98 Å². The third-order valence-corrected chi connectivity index (χ3v) is 7.63. The minimum atomic E-state index is 0.108. The molecule has 1 atom stereocenters. The summed E-state index contributed by atoms with van der Waals surface area (Å²) in [6, 6.07) is 13.1. The average molecular weight is 317 g/mol. The summed E-state index contributed by atoms with van der Waals surface area (Å²) >= 11 is 0. The second-order valence-electron chi connectivity index (χ2n) is 8.67. The zero-order valence-electron chi connectivity index (χ0n) is 15.7. The van der Waals surface area contributed by atoms with Crippen LogP contribution in [0.5, 0.6) is 0 Å². The highest BCUT2D eigenvalue weighted by molar-refractivity contribution is 6.07. The molecule has 3 aromatic rings. The van der Waals surface area contributed by atoms with E-state index in [1.807, 2.05) is 0 Å². The lowest BCUT2D eigenvalue weighted by molar-refractivity contribution is 0.108. The highest BCUT2D eigenvalue weighted by atomic mass is 14.7. The van der Waals surface area contributed by atoms with Crippen molar-refractivity contribution in [1.82, 2.24) is 4.98 Å². The zero-order valence-corrected chi connectivity index (χ0v) is 15.7. The second-order valence-corrected chi connectivity index (χ2v) is 8.67. The monoisotopic (exact) mass is 317 g/mol. The first-order chi connectivity index (χ1) is 11.3. The van der Waals surface area contributed by atoms with Gasteiger partial charge in [0.1, 0.15) is 0 Å². The van der Waals surface area contributed by atoms with Gasteiger partial charge in [0.25, 0.3) is 0 Å². The molecule has 0 N–H and O–H groups in total. The smallest absolute Gasteiger partial charge is 0.0783 e. The first-order valence-electron chi connectivity index (χ1n) is 9.07. The van der Waals surface area contributed by atoms with E-state index < -0.39 is 0 Å². The summed E-state index contributed by atoms with van der Waals surface area (Å²) in [5.41, 5.74) is 4.54. The molecule has 1 aliphatic carbocycles. The molecule has 124 valence electrons. The summed E-state index contributed by atoms with van der Waals surface area (Å²) < 4.78 is 0. The standard InChI is InChI=1S/C23H27N/c1-7-23(6)18-14-24-20-16-11-9-8-10-15(16)12-13-17(20)19(18)21(2,3)22(23,4)5/h8-14H,7H2,1-6H3. The van der Waals surface area contributed by atoms with Gasteiger partial charge in [-0.1, -0.05) is 77.9 Å². The van der Waals surface area contributed by atoms with E-state index in [4.69, 9.17) is 4.98 Å². The SMILES string of the molecule is CCC1(C)c2cnc3c(ccc4ccccc43)c2C(C)(C)C1(C)C. The van der Waals surface area contributed by atoms with Gasteiger partial charge >= 0.3 is 0 Å². The van der Waals surface area contributed by atoms with Crippen LogP contribution < -0.4 is 0 Å². The van der Waals surface area contributed by atoms with Gasteiger partial charge < -0.3 is 0 Å². The maximum Gasteiger partial charge on any atom is 0.0783 e. The Kier molecular flexibility index (Phi) is 2.99. The summed E-state index contributed by atoms with van der Waals surface area (Å²) in [5.74, 6) is 0. The number of pyridine rings is 1. The Bertz CT molecular complexity index is 964. The third kappa shape index (κ3) is 1.58. The van der Waals surface area contributed by atoms with Gasteiger partial charge in [-0.25, -0.2) is 0 Å². The van der Waals surface area contributed by atoms with Crippen molar-refractivity contribution in [2.24, 2.45) is 5.41 Å². The predicted molar refractivity (Wildman–Crippen MR) is 104 cm³/mol. The first-order valence-corrected chi connectivity index (χ1v) is 9.07. The van der Waals surface area contributed by atoms with Crippen molar-refractivity contribution in [3.63, 3.8) is 0 Å². The molecule has 1 heterocycles. The average Bonchev–Trinajstić information content (AvgIpc) is 2.70. The van der Waals surface area contributed by atoms with Gasteiger partial charge in [0.2, 0.25) is 0 Å². The molecule has 1 aromatic heterocycles. The normalized spacial score (nSPS) is 24.4. The summed E-state index contributed by atoms with van der Waals surface area (Å²) in [6.07, 6.45) is 3.31. The minimum absolute atomic E-state index is 0.108. The molecule has 1 nitrogen and oxygen atoms in total. The summed E-state index contributed by atoms with van der Waals surface area (Å²) in [4.78, 5) is 4.96. The second kappa shape index (κ2) is 4.59. The molecule has 0 bridgehead atoms. The van der Waals surface area contributed by atoms with Crippen LogP contribution in [0, 0.1) is 5.41 Å². The molecule has 24 heavy (non-hydrogen) atoms. The fraction of sp³-hybridized carbons (Fsp3) is 0.435. The van der Waals surface area contributed by atoms with Gasteiger partial charge in [0.05, 0.1) is 5.52 Å². The molecule has 2 aromatic carbocycles. The highest BCUT2D eigenvalue weighted by Gasteiger charge is 2.58. The van der Waals surface area contributed by atoms with Gasteiger partial charge in [0, 0.05) is 17.0 Å². The molecule has 1 aliphatic rings. The maximum atomic E-state index is 4.96. The minimum Gasteiger partial charge on any atom is -0.255 e. The molecule has 1 heteroatoms. The largest absolute Gasteiger partial charge is 0.255 e. The van der Waals surface area contributed by atoms with E-state index in [0.29, 0.717) is 0 Å². The van der Waals surface area contributed by atoms with Crippen LogP contribution in [-0.4, -0.2) is 4.98 Å². The Morgan fingerprint density at radius 2 is 1.58 bits per heavy atom. The van der Waals surface area contributed by atoms with Crippen LogP contribution in [0.25, 0.3) is 21.7 Å². The number of benzene rings is 2. The molecule has 0 amide bonds. The lowest BCUT2D eigenvalue weighted by Crippen LogP contribution is -2.43. The Morgan fingerprint density at radius 3 is 2.29 bits per heavy atom. The van der Waals surface area contributed by atoms with Crippen LogP contribution >= 0.6 is 0 Å². The van der Waals surface area contributed by atoms with Crippen LogP contribution in [0.2, 0.25) is 0 Å². The van der Waals surface area contributed by atoms with Gasteiger partial charge in [-0.15, -0.1) is 0 Å². The number of hydrogen-bond acceptors (Lipinski definition) is 1. The molecule has 4 rings (SSSR count). The van der Waals surface area contributed by atoms with E-state index in [9.17, 15) is 0 Å². The van der Waals surface area contributed by atoms with Gasteiger partial charge in [-0.05, 0) is 39.2 Å². The predicted octanol–water partition coefficient (Wildman–Crippen LogP) is 6.37. The van der Waals surface area contributed by atoms with E-state index in [0.717, 1.165) is 11.9 Å². The Morgan fingerprint density at radius 1 is 0.875 bits per heavy atom. The quantitative estimate of drug-likeness (QED) is 0.475. The van der Waals surface area contributed by atoms with Crippen molar-refractivity contribution in [3.05, 3.63) is 53.7 Å². The molecule has 0 radical (unpaired) electrons.